The highest BCUT2D eigenvalue weighted by atomic mass is 15.2. The molecule has 2 aromatic rings. The summed E-state index contributed by atoms with van der Waals surface area (Å²) in [5.74, 6) is 0. The topological polar surface area (TPSA) is 22.3 Å². The van der Waals surface area contributed by atoms with Gasteiger partial charge in [0.05, 0.1) is 0 Å². The van der Waals surface area contributed by atoms with Crippen molar-refractivity contribution in [2.24, 2.45) is 0 Å². The van der Waals surface area contributed by atoms with Gasteiger partial charge in [-0.1, -0.05) is 12.1 Å². The van der Waals surface area contributed by atoms with Gasteiger partial charge < -0.3 is 9.88 Å². The fraction of sp³-hybridized carbons (Fsp3) is 0.556. The lowest BCUT2D eigenvalue weighted by molar-refractivity contribution is 0.123. The molecule has 0 radical (unpaired) electrons. The van der Waals surface area contributed by atoms with Crippen molar-refractivity contribution in [2.45, 2.75) is 38.3 Å². The smallest absolute Gasteiger partial charge is 0.0457 e. The molecular formula is C18H25N3. The Morgan fingerprint density at radius 3 is 2.62 bits per heavy atom. The largest absolute Gasteiger partial charge is 0.361 e. The van der Waals surface area contributed by atoms with Gasteiger partial charge in [-0.15, -0.1) is 0 Å². The fourth-order valence-corrected chi connectivity index (χ4v) is 4.08. The molecule has 1 aromatic carbocycles. The minimum Gasteiger partial charge on any atom is -0.361 e. The second kappa shape index (κ2) is 5.82. The second-order valence-corrected chi connectivity index (χ2v) is 6.61. The maximum Gasteiger partial charge on any atom is 0.0457 e. The molecule has 0 amide bonds. The normalized spacial score (nSPS) is 22.3. The second-order valence-electron chi connectivity index (χ2n) is 6.61. The van der Waals surface area contributed by atoms with Crippen LogP contribution in [0.4, 0.5) is 0 Å². The molecule has 2 saturated heterocycles. The Kier molecular flexibility index (Phi) is 3.70. The van der Waals surface area contributed by atoms with Crippen LogP contribution < -0.4 is 0 Å². The van der Waals surface area contributed by atoms with E-state index >= 15 is 0 Å². The van der Waals surface area contributed by atoms with E-state index in [0.29, 0.717) is 0 Å². The van der Waals surface area contributed by atoms with E-state index < -0.39 is 0 Å². The maximum atomic E-state index is 3.32. The highest BCUT2D eigenvalue weighted by molar-refractivity contribution is 5.82. The molecule has 2 aliphatic rings. The molecule has 2 fully saturated rings. The zero-order chi connectivity index (χ0) is 14.1. The molecule has 0 aliphatic carbocycles. The van der Waals surface area contributed by atoms with Crippen LogP contribution in [0.25, 0.3) is 10.9 Å². The number of nitrogens with one attached hydrogen (secondary N) is 1. The predicted octanol–water partition coefficient (Wildman–Crippen LogP) is 3.23. The maximum absolute atomic E-state index is 3.32. The van der Waals surface area contributed by atoms with Crippen molar-refractivity contribution in [3.8, 4) is 0 Å². The van der Waals surface area contributed by atoms with Crippen LogP contribution in [0.5, 0.6) is 0 Å². The Balaban J connectivity index is 1.39. The first kappa shape index (κ1) is 13.4. The molecule has 0 atom stereocenters. The number of aromatic nitrogens is 1. The van der Waals surface area contributed by atoms with Crippen LogP contribution in [0.15, 0.2) is 30.5 Å². The summed E-state index contributed by atoms with van der Waals surface area (Å²) >= 11 is 0. The van der Waals surface area contributed by atoms with Crippen LogP contribution in [-0.2, 0) is 6.54 Å². The van der Waals surface area contributed by atoms with Crippen LogP contribution in [0.3, 0.4) is 0 Å². The fourth-order valence-electron chi connectivity index (χ4n) is 4.08. The number of hydrogen-bond acceptors (Lipinski definition) is 2. The van der Waals surface area contributed by atoms with Crippen molar-refractivity contribution >= 4 is 10.9 Å². The lowest BCUT2D eigenvalue weighted by Crippen LogP contribution is -2.43. The van der Waals surface area contributed by atoms with Gasteiger partial charge in [-0.2, -0.15) is 0 Å². The molecule has 21 heavy (non-hydrogen) atoms. The van der Waals surface area contributed by atoms with Crippen LogP contribution in [0, 0.1) is 0 Å². The zero-order valence-corrected chi connectivity index (χ0v) is 12.7. The van der Waals surface area contributed by atoms with Gasteiger partial charge in [0.1, 0.15) is 0 Å². The number of benzene rings is 1. The van der Waals surface area contributed by atoms with Crippen molar-refractivity contribution in [1.82, 2.24) is 14.8 Å². The summed E-state index contributed by atoms with van der Waals surface area (Å²) in [6.07, 6.45) is 7.57. The van der Waals surface area contributed by atoms with E-state index in [0.717, 1.165) is 12.6 Å². The third kappa shape index (κ3) is 2.72. The van der Waals surface area contributed by atoms with Crippen molar-refractivity contribution < 1.29 is 0 Å². The van der Waals surface area contributed by atoms with E-state index in [4.69, 9.17) is 0 Å². The van der Waals surface area contributed by atoms with Gasteiger partial charge in [0.2, 0.25) is 0 Å². The van der Waals surface area contributed by atoms with Gasteiger partial charge in [0.15, 0.2) is 0 Å². The molecule has 0 bridgehead atoms. The van der Waals surface area contributed by atoms with Gasteiger partial charge in [0.25, 0.3) is 0 Å². The number of hydrogen-bond donors (Lipinski definition) is 1. The van der Waals surface area contributed by atoms with Gasteiger partial charge in [-0.3, -0.25) is 4.90 Å². The zero-order valence-electron chi connectivity index (χ0n) is 12.7. The van der Waals surface area contributed by atoms with E-state index in [-0.39, 0.29) is 0 Å². The van der Waals surface area contributed by atoms with E-state index in [1.165, 1.54) is 68.3 Å². The summed E-state index contributed by atoms with van der Waals surface area (Å²) in [6, 6.07) is 9.68. The molecule has 3 heterocycles. The first-order chi connectivity index (χ1) is 10.4. The molecule has 3 nitrogen and oxygen atoms in total. The molecule has 0 unspecified atom stereocenters. The Labute approximate surface area is 126 Å². The third-order valence-electron chi connectivity index (χ3n) is 5.29. The van der Waals surface area contributed by atoms with Crippen molar-refractivity contribution in [1.29, 1.82) is 0 Å². The molecule has 0 saturated carbocycles. The summed E-state index contributed by atoms with van der Waals surface area (Å²) in [5.41, 5.74) is 2.73. The quantitative estimate of drug-likeness (QED) is 0.934. The molecule has 1 aromatic heterocycles. The molecule has 112 valence electrons. The summed E-state index contributed by atoms with van der Waals surface area (Å²) < 4.78 is 0. The number of piperidine rings is 1. The number of fused-ring (bicyclic) bond motifs is 1. The number of aromatic amines is 1. The highest BCUT2D eigenvalue weighted by Gasteiger charge is 2.26. The third-order valence-corrected chi connectivity index (χ3v) is 5.29. The molecule has 2 aliphatic heterocycles. The molecule has 4 rings (SSSR count). The Hall–Kier alpha value is -1.32. The molecule has 3 heteroatoms. The number of rotatable bonds is 3. The molecule has 1 N–H and O–H groups in total. The summed E-state index contributed by atoms with van der Waals surface area (Å²) in [4.78, 5) is 8.68. The molecular weight excluding hydrogens is 258 g/mol. The first-order valence-electron chi connectivity index (χ1n) is 8.41. The Morgan fingerprint density at radius 1 is 1.00 bits per heavy atom. The van der Waals surface area contributed by atoms with Crippen LogP contribution in [0.2, 0.25) is 0 Å². The van der Waals surface area contributed by atoms with E-state index in [9.17, 15) is 0 Å². The highest BCUT2D eigenvalue weighted by Crippen LogP contribution is 2.24. The summed E-state index contributed by atoms with van der Waals surface area (Å²) in [7, 11) is 0. The first-order valence-corrected chi connectivity index (χ1v) is 8.41. The standard InChI is InChI=1S/C18H25N3/c1-2-11-21(10-1)16-7-12-20(13-8-16)14-15-4-3-5-18-17(15)6-9-19-18/h3-6,9,16,19H,1-2,7-8,10-14H2. The lowest BCUT2D eigenvalue weighted by Gasteiger charge is -2.36. The summed E-state index contributed by atoms with van der Waals surface area (Å²) in [6.45, 7) is 6.28. The van der Waals surface area contributed by atoms with Crippen LogP contribution in [-0.4, -0.2) is 47.0 Å². The number of nitrogens with zero attached hydrogens (tertiary/aromatic N) is 2. The lowest BCUT2D eigenvalue weighted by atomic mass is 10.0. The van der Waals surface area contributed by atoms with Gasteiger partial charge in [0, 0.05) is 29.7 Å². The number of likely N-dealkylation sites (tertiary alicyclic amines) is 2. The minimum atomic E-state index is 0.854. The Morgan fingerprint density at radius 2 is 1.81 bits per heavy atom. The van der Waals surface area contributed by atoms with Crippen molar-refractivity contribution in [2.75, 3.05) is 26.2 Å². The Bertz CT molecular complexity index is 589. The van der Waals surface area contributed by atoms with Gasteiger partial charge in [-0.05, 0) is 69.6 Å². The van der Waals surface area contributed by atoms with E-state index in [2.05, 4.69) is 39.0 Å². The van der Waals surface area contributed by atoms with Crippen molar-refractivity contribution in [3.63, 3.8) is 0 Å². The van der Waals surface area contributed by atoms with E-state index in [1.807, 2.05) is 6.20 Å². The van der Waals surface area contributed by atoms with Crippen LogP contribution >= 0.6 is 0 Å². The van der Waals surface area contributed by atoms with Gasteiger partial charge >= 0.3 is 0 Å². The predicted molar refractivity (Wildman–Crippen MR) is 87.4 cm³/mol. The SMILES string of the molecule is c1cc(CN2CCC(N3CCCC3)CC2)c2cc[nH]c2c1. The van der Waals surface area contributed by atoms with Crippen molar-refractivity contribution in [3.05, 3.63) is 36.0 Å². The van der Waals surface area contributed by atoms with Crippen LogP contribution in [0.1, 0.15) is 31.2 Å². The van der Waals surface area contributed by atoms with E-state index in [1.54, 1.807) is 0 Å². The minimum absolute atomic E-state index is 0.854. The van der Waals surface area contributed by atoms with Gasteiger partial charge in [-0.25, -0.2) is 0 Å². The number of H-pyrrole nitrogens is 1. The average molecular weight is 283 g/mol. The average Bonchev–Trinajstić information content (AvgIpc) is 3.20. The molecule has 0 spiro atoms. The monoisotopic (exact) mass is 283 g/mol. The summed E-state index contributed by atoms with van der Waals surface area (Å²) in [5, 5.41) is 1.39.